The molecule has 2 saturated carbocycles. The fourth-order valence-corrected chi connectivity index (χ4v) is 7.78. The number of nitrogens with one attached hydrogen (secondary N) is 1. The molecule has 2 heterocycles. The highest BCUT2D eigenvalue weighted by molar-refractivity contribution is 6.00. The Balaban J connectivity index is 1.28. The van der Waals surface area contributed by atoms with Gasteiger partial charge in [-0.1, -0.05) is 0 Å². The highest BCUT2D eigenvalue weighted by Gasteiger charge is 2.47. The average Bonchev–Trinajstić information content (AvgIpc) is 3.72. The van der Waals surface area contributed by atoms with Crippen molar-refractivity contribution < 1.29 is 37.4 Å². The van der Waals surface area contributed by atoms with Crippen molar-refractivity contribution >= 4 is 34.4 Å². The normalized spacial score (nSPS) is 27.4. The maximum absolute atomic E-state index is 14.1. The molecule has 11 heteroatoms. The van der Waals surface area contributed by atoms with Gasteiger partial charge in [-0.3, -0.25) is 9.59 Å². The van der Waals surface area contributed by atoms with Crippen LogP contribution in [0.3, 0.4) is 0 Å². The van der Waals surface area contributed by atoms with Gasteiger partial charge in [-0.25, -0.2) is 9.18 Å². The number of benzene rings is 1. The molecule has 2 aromatic rings. The first-order chi connectivity index (χ1) is 22.3. The van der Waals surface area contributed by atoms with Gasteiger partial charge in [-0.05, 0) is 107 Å². The van der Waals surface area contributed by atoms with Crippen LogP contribution in [0.4, 0.5) is 10.1 Å². The Morgan fingerprint density at radius 1 is 1.04 bits per heavy atom. The molecule has 3 N–H and O–H groups in total. The maximum atomic E-state index is 14.1. The first-order valence-corrected chi connectivity index (χ1v) is 17.1. The van der Waals surface area contributed by atoms with E-state index < -0.39 is 24.7 Å². The summed E-state index contributed by atoms with van der Waals surface area (Å²) in [5.41, 5.74) is 7.04. The number of alkyl halides is 1. The Kier molecular flexibility index (Phi) is 12.1. The topological polar surface area (TPSA) is 133 Å². The third-order valence-corrected chi connectivity index (χ3v) is 10.4. The minimum atomic E-state index is -0.579. The van der Waals surface area contributed by atoms with Crippen molar-refractivity contribution in [2.24, 2.45) is 29.4 Å². The van der Waals surface area contributed by atoms with Crippen LogP contribution in [-0.2, 0) is 23.8 Å². The van der Waals surface area contributed by atoms with Crippen molar-refractivity contribution in [3.05, 3.63) is 30.0 Å². The van der Waals surface area contributed by atoms with Crippen LogP contribution in [0.5, 0.6) is 0 Å². The summed E-state index contributed by atoms with van der Waals surface area (Å²) < 4.78 is 35.1. The van der Waals surface area contributed by atoms with Gasteiger partial charge in [0.25, 0.3) is 0 Å². The Hall–Kier alpha value is -3.02. The largest absolute Gasteiger partial charge is 0.460 e. The van der Waals surface area contributed by atoms with Crippen LogP contribution >= 0.6 is 0 Å². The lowest BCUT2D eigenvalue weighted by atomic mass is 9.75. The molecule has 1 aromatic heterocycles. The number of esters is 1. The van der Waals surface area contributed by atoms with Crippen LogP contribution in [0.2, 0.25) is 0 Å². The number of ether oxygens (including phenoxy) is 3. The van der Waals surface area contributed by atoms with E-state index in [1.54, 1.807) is 31.4 Å². The van der Waals surface area contributed by atoms with Crippen molar-refractivity contribution in [3.63, 3.8) is 0 Å². The predicted molar refractivity (Wildman–Crippen MR) is 172 cm³/mol. The lowest BCUT2D eigenvalue weighted by Gasteiger charge is -2.37. The molecule has 3 atom stereocenters. The van der Waals surface area contributed by atoms with E-state index in [0.717, 1.165) is 44.9 Å². The molecule has 46 heavy (non-hydrogen) atoms. The van der Waals surface area contributed by atoms with E-state index >= 15 is 0 Å². The minimum Gasteiger partial charge on any atom is -0.460 e. The number of rotatable bonds is 13. The second kappa shape index (κ2) is 16.2. The van der Waals surface area contributed by atoms with Gasteiger partial charge < -0.3 is 34.6 Å². The van der Waals surface area contributed by atoms with Crippen LogP contribution in [-0.4, -0.2) is 81.0 Å². The number of hydrogen-bond acceptors (Lipinski definition) is 8. The van der Waals surface area contributed by atoms with Crippen molar-refractivity contribution in [3.8, 4) is 0 Å². The SMILES string of the molecule is CCOCCCOC(=O)c1cc2cc(NC(=O)[C@@H]3[C@H](C4CCC(OC)CC4)CCN3C(=O)C3CCC([C@H](N)CF)CC3)ccc2o1. The van der Waals surface area contributed by atoms with Crippen LogP contribution in [0.25, 0.3) is 11.0 Å². The summed E-state index contributed by atoms with van der Waals surface area (Å²) in [5.74, 6) is -0.333. The van der Waals surface area contributed by atoms with Crippen molar-refractivity contribution in [2.45, 2.75) is 89.3 Å². The third-order valence-electron chi connectivity index (χ3n) is 10.4. The lowest BCUT2D eigenvalue weighted by Crippen LogP contribution is -2.50. The van der Waals surface area contributed by atoms with Gasteiger partial charge in [0.1, 0.15) is 18.3 Å². The van der Waals surface area contributed by atoms with E-state index in [-0.39, 0.29) is 48.0 Å². The zero-order chi connectivity index (χ0) is 32.6. The van der Waals surface area contributed by atoms with E-state index in [4.69, 9.17) is 24.4 Å². The van der Waals surface area contributed by atoms with Crippen molar-refractivity contribution in [1.82, 2.24) is 4.90 Å². The van der Waals surface area contributed by atoms with Gasteiger partial charge in [0.15, 0.2) is 0 Å². The molecular weight excluding hydrogens is 593 g/mol. The number of amides is 2. The lowest BCUT2D eigenvalue weighted by molar-refractivity contribution is -0.142. The summed E-state index contributed by atoms with van der Waals surface area (Å²) in [6.07, 6.45) is 8.24. The van der Waals surface area contributed by atoms with E-state index in [0.29, 0.717) is 61.6 Å². The Morgan fingerprint density at radius 3 is 2.50 bits per heavy atom. The molecule has 3 fully saturated rings. The number of fused-ring (bicyclic) bond motifs is 1. The molecule has 0 spiro atoms. The number of methoxy groups -OCH3 is 1. The number of nitrogens with two attached hydrogens (primary N) is 1. The monoisotopic (exact) mass is 643 g/mol. The molecular formula is C35H50FN3O7. The molecule has 0 bridgehead atoms. The fourth-order valence-electron chi connectivity index (χ4n) is 7.78. The van der Waals surface area contributed by atoms with Gasteiger partial charge in [-0.15, -0.1) is 0 Å². The standard InChI is InChI=1S/C35H50FN3O7/c1-3-44-17-4-18-45-35(42)31-20-25-19-26(11-14-30(25)46-31)38-33(40)32-28(22-9-12-27(43-2)13-10-22)15-16-39(32)34(41)24-7-5-23(6-8-24)29(37)21-36/h11,14,19-20,22-24,27-29,32H,3-10,12-13,15-18,21,37H2,1-2H3,(H,38,40)/t22?,23?,24?,27?,28-,29+,32-/m0/s1. The molecule has 10 nitrogen and oxygen atoms in total. The van der Waals surface area contributed by atoms with Crippen LogP contribution in [0.1, 0.15) is 81.7 Å². The van der Waals surface area contributed by atoms with E-state index in [9.17, 15) is 18.8 Å². The molecule has 1 aromatic carbocycles. The van der Waals surface area contributed by atoms with Crippen LogP contribution < -0.4 is 11.1 Å². The number of carbonyl (C=O) groups is 3. The van der Waals surface area contributed by atoms with Crippen molar-refractivity contribution in [1.29, 1.82) is 0 Å². The third kappa shape index (κ3) is 8.09. The Bertz CT molecular complexity index is 1320. The van der Waals surface area contributed by atoms with E-state index in [2.05, 4.69) is 5.32 Å². The van der Waals surface area contributed by atoms with Crippen molar-refractivity contribution in [2.75, 3.05) is 45.5 Å². The number of halogens is 1. The average molecular weight is 644 g/mol. The number of likely N-dealkylation sites (tertiary alicyclic amines) is 1. The molecule has 0 radical (unpaired) electrons. The highest BCUT2D eigenvalue weighted by Crippen LogP contribution is 2.42. The van der Waals surface area contributed by atoms with Gasteiger partial charge in [-0.2, -0.15) is 0 Å². The molecule has 3 aliphatic rings. The number of carbonyl (C=O) groups excluding carboxylic acids is 3. The quantitative estimate of drug-likeness (QED) is 0.217. The molecule has 5 rings (SSSR count). The summed E-state index contributed by atoms with van der Waals surface area (Å²) in [7, 11) is 1.75. The van der Waals surface area contributed by atoms with Gasteiger partial charge in [0.2, 0.25) is 17.6 Å². The first kappa shape index (κ1) is 34.3. The number of nitrogens with zero attached hydrogens (tertiary/aromatic N) is 1. The summed E-state index contributed by atoms with van der Waals surface area (Å²) in [6, 6.07) is 5.80. The summed E-state index contributed by atoms with van der Waals surface area (Å²) >= 11 is 0. The number of hydrogen-bond donors (Lipinski definition) is 2. The Labute approximate surface area is 270 Å². The molecule has 1 aliphatic heterocycles. The number of furan rings is 1. The van der Waals surface area contributed by atoms with Gasteiger partial charge in [0, 0.05) is 56.3 Å². The summed E-state index contributed by atoms with van der Waals surface area (Å²) in [5, 5.41) is 3.75. The van der Waals surface area contributed by atoms with E-state index in [1.165, 1.54) is 0 Å². The molecule has 254 valence electrons. The smallest absolute Gasteiger partial charge is 0.374 e. The fraction of sp³-hybridized carbons (Fsp3) is 0.686. The molecule has 2 amide bonds. The van der Waals surface area contributed by atoms with Crippen LogP contribution in [0.15, 0.2) is 28.7 Å². The molecule has 0 unspecified atom stereocenters. The second-order valence-corrected chi connectivity index (χ2v) is 13.2. The van der Waals surface area contributed by atoms with Gasteiger partial charge >= 0.3 is 5.97 Å². The first-order valence-electron chi connectivity index (χ1n) is 17.1. The van der Waals surface area contributed by atoms with Gasteiger partial charge in [0.05, 0.1) is 12.7 Å². The number of anilines is 1. The second-order valence-electron chi connectivity index (χ2n) is 13.2. The zero-order valence-corrected chi connectivity index (χ0v) is 27.2. The predicted octanol–water partition coefficient (Wildman–Crippen LogP) is 5.48. The molecule has 1 saturated heterocycles. The summed E-state index contributed by atoms with van der Waals surface area (Å²) in [4.78, 5) is 42.4. The summed E-state index contributed by atoms with van der Waals surface area (Å²) in [6.45, 7) is 3.27. The zero-order valence-electron chi connectivity index (χ0n) is 27.2. The van der Waals surface area contributed by atoms with Crippen LogP contribution in [0, 0.1) is 23.7 Å². The maximum Gasteiger partial charge on any atom is 0.374 e. The Morgan fingerprint density at radius 2 is 1.80 bits per heavy atom. The molecule has 2 aliphatic carbocycles. The van der Waals surface area contributed by atoms with E-state index in [1.807, 2.05) is 11.8 Å². The highest BCUT2D eigenvalue weighted by atomic mass is 19.1. The minimum absolute atomic E-state index is 0.0233.